The third-order valence-electron chi connectivity index (χ3n) is 5.56. The molecular formula is C24H25NO5. The highest BCUT2D eigenvalue weighted by atomic mass is 16.5. The number of esters is 1. The summed E-state index contributed by atoms with van der Waals surface area (Å²) < 4.78 is 16.1. The van der Waals surface area contributed by atoms with Gasteiger partial charge in [-0.3, -0.25) is 9.59 Å². The Labute approximate surface area is 175 Å². The van der Waals surface area contributed by atoms with Crippen LogP contribution in [0.5, 0.6) is 5.75 Å². The van der Waals surface area contributed by atoms with Gasteiger partial charge in [0.25, 0.3) is 5.91 Å². The lowest BCUT2D eigenvalue weighted by Gasteiger charge is -2.27. The fourth-order valence-electron chi connectivity index (χ4n) is 3.97. The first-order valence-electron chi connectivity index (χ1n) is 10.2. The van der Waals surface area contributed by atoms with Gasteiger partial charge in [0.1, 0.15) is 11.3 Å². The minimum atomic E-state index is -0.871. The summed E-state index contributed by atoms with van der Waals surface area (Å²) in [6.07, 6.45) is 3.63. The number of nitrogens with one attached hydrogen (secondary N) is 1. The molecule has 0 fully saturated rings. The van der Waals surface area contributed by atoms with Crippen LogP contribution in [0.2, 0.25) is 0 Å². The number of hydrogen-bond acceptors (Lipinski definition) is 5. The summed E-state index contributed by atoms with van der Waals surface area (Å²) in [6.45, 7) is 1.60. The van der Waals surface area contributed by atoms with Crippen molar-refractivity contribution in [1.29, 1.82) is 0 Å². The summed E-state index contributed by atoms with van der Waals surface area (Å²) in [6, 6.07) is 13.5. The number of fused-ring (bicyclic) bond motifs is 2. The van der Waals surface area contributed by atoms with Crippen molar-refractivity contribution in [2.75, 3.05) is 7.11 Å². The van der Waals surface area contributed by atoms with Gasteiger partial charge >= 0.3 is 5.97 Å². The van der Waals surface area contributed by atoms with E-state index in [1.54, 1.807) is 20.1 Å². The molecule has 2 atom stereocenters. The van der Waals surface area contributed by atoms with E-state index < -0.39 is 12.1 Å². The number of hydrogen-bond donors (Lipinski definition) is 1. The minimum Gasteiger partial charge on any atom is -0.497 e. The fourth-order valence-corrected chi connectivity index (χ4v) is 3.97. The van der Waals surface area contributed by atoms with Gasteiger partial charge in [0.2, 0.25) is 0 Å². The van der Waals surface area contributed by atoms with Crippen molar-refractivity contribution < 1.29 is 23.5 Å². The van der Waals surface area contributed by atoms with E-state index in [9.17, 15) is 9.59 Å². The molecule has 1 amide bonds. The van der Waals surface area contributed by atoms with Gasteiger partial charge in [-0.25, -0.2) is 0 Å². The summed E-state index contributed by atoms with van der Waals surface area (Å²) in [5, 5.41) is 3.86. The maximum Gasteiger partial charge on any atom is 0.311 e. The van der Waals surface area contributed by atoms with Crippen molar-refractivity contribution in [3.63, 3.8) is 0 Å². The van der Waals surface area contributed by atoms with E-state index in [1.165, 1.54) is 11.8 Å². The molecule has 6 nitrogen and oxygen atoms in total. The summed E-state index contributed by atoms with van der Waals surface area (Å²) in [5.41, 5.74) is 3.77. The Hall–Kier alpha value is -3.28. The SMILES string of the molecule is COc1ccc2c(CC(=O)O[C@@H](C)C(=O)N[C@@H]3CCCc4ccccc43)coc2c1. The maximum absolute atomic E-state index is 12.6. The highest BCUT2D eigenvalue weighted by Gasteiger charge is 2.25. The van der Waals surface area contributed by atoms with Gasteiger partial charge in [-0.15, -0.1) is 0 Å². The van der Waals surface area contributed by atoms with Gasteiger partial charge in [0.15, 0.2) is 6.10 Å². The van der Waals surface area contributed by atoms with Crippen molar-refractivity contribution in [2.24, 2.45) is 0 Å². The quantitative estimate of drug-likeness (QED) is 0.622. The second-order valence-electron chi connectivity index (χ2n) is 7.58. The Morgan fingerprint density at radius 1 is 1.23 bits per heavy atom. The monoisotopic (exact) mass is 407 g/mol. The maximum atomic E-state index is 12.6. The molecule has 1 aliphatic rings. The van der Waals surface area contributed by atoms with E-state index in [2.05, 4.69) is 17.4 Å². The predicted octanol–water partition coefficient (Wildman–Crippen LogP) is 4.11. The molecule has 2 aromatic carbocycles. The van der Waals surface area contributed by atoms with Gasteiger partial charge in [-0.1, -0.05) is 24.3 Å². The fraction of sp³-hybridized carbons (Fsp3) is 0.333. The Bertz CT molecular complexity index is 1070. The zero-order chi connectivity index (χ0) is 21.1. The number of aryl methyl sites for hydroxylation is 1. The molecule has 1 aromatic heterocycles. The van der Waals surface area contributed by atoms with Crippen LogP contribution in [0.25, 0.3) is 11.0 Å². The summed E-state index contributed by atoms with van der Waals surface area (Å²) in [4.78, 5) is 25.0. The van der Waals surface area contributed by atoms with Crippen molar-refractivity contribution in [3.05, 3.63) is 65.4 Å². The highest BCUT2D eigenvalue weighted by molar-refractivity contribution is 5.88. The summed E-state index contributed by atoms with van der Waals surface area (Å²) in [5.74, 6) is -0.0763. The van der Waals surface area contributed by atoms with Gasteiger partial charge in [-0.05, 0) is 49.4 Å². The lowest BCUT2D eigenvalue weighted by Crippen LogP contribution is -2.39. The number of benzene rings is 2. The lowest BCUT2D eigenvalue weighted by molar-refractivity contribution is -0.154. The Balaban J connectivity index is 1.36. The molecule has 156 valence electrons. The Morgan fingerprint density at radius 2 is 2.07 bits per heavy atom. The number of ether oxygens (including phenoxy) is 2. The summed E-state index contributed by atoms with van der Waals surface area (Å²) in [7, 11) is 1.58. The van der Waals surface area contributed by atoms with Crippen LogP contribution in [-0.2, 0) is 27.2 Å². The molecule has 0 spiro atoms. The number of methoxy groups -OCH3 is 1. The van der Waals surface area contributed by atoms with Crippen LogP contribution in [0.4, 0.5) is 0 Å². The molecule has 3 aromatic rings. The van der Waals surface area contributed by atoms with Crippen molar-refractivity contribution >= 4 is 22.8 Å². The Morgan fingerprint density at radius 3 is 2.90 bits per heavy atom. The molecule has 0 bridgehead atoms. The summed E-state index contributed by atoms with van der Waals surface area (Å²) >= 11 is 0. The topological polar surface area (TPSA) is 77.8 Å². The molecule has 6 heteroatoms. The van der Waals surface area contributed by atoms with Crippen molar-refractivity contribution in [2.45, 2.75) is 44.8 Å². The molecule has 4 rings (SSSR count). The zero-order valence-corrected chi connectivity index (χ0v) is 17.1. The molecule has 0 aliphatic heterocycles. The van der Waals surface area contributed by atoms with Crippen LogP contribution < -0.4 is 10.1 Å². The number of carbonyl (C=O) groups is 2. The molecule has 0 saturated heterocycles. The van der Waals surface area contributed by atoms with E-state index in [0.29, 0.717) is 16.9 Å². The minimum absolute atomic E-state index is 0.0310. The average Bonchev–Trinajstić information content (AvgIpc) is 3.15. The van der Waals surface area contributed by atoms with Crippen LogP contribution in [0.15, 0.2) is 53.1 Å². The van der Waals surface area contributed by atoms with Crippen molar-refractivity contribution in [1.82, 2.24) is 5.32 Å². The lowest BCUT2D eigenvalue weighted by atomic mass is 9.87. The van der Waals surface area contributed by atoms with Crippen LogP contribution in [-0.4, -0.2) is 25.1 Å². The van der Waals surface area contributed by atoms with E-state index in [-0.39, 0.29) is 18.4 Å². The number of amides is 1. The predicted molar refractivity (Wildman–Crippen MR) is 112 cm³/mol. The van der Waals surface area contributed by atoms with Gasteiger partial charge in [0.05, 0.1) is 25.8 Å². The van der Waals surface area contributed by atoms with Gasteiger partial charge in [-0.2, -0.15) is 0 Å². The number of carbonyl (C=O) groups excluding carboxylic acids is 2. The number of rotatable bonds is 6. The standard InChI is InChI=1S/C24H25NO5/c1-15(24(27)25-21-9-5-7-16-6-3-4-8-19(16)21)30-23(26)12-17-14-29-22-13-18(28-2)10-11-20(17)22/h3-4,6,8,10-11,13-15,21H,5,7,9,12H2,1-2H3,(H,25,27)/t15-,21+/m0/s1. The largest absolute Gasteiger partial charge is 0.497 e. The molecular weight excluding hydrogens is 382 g/mol. The second-order valence-corrected chi connectivity index (χ2v) is 7.58. The second kappa shape index (κ2) is 8.61. The Kier molecular flexibility index (Phi) is 5.74. The van der Waals surface area contributed by atoms with Crippen LogP contribution >= 0.6 is 0 Å². The molecule has 1 heterocycles. The molecule has 1 aliphatic carbocycles. The first kappa shape index (κ1) is 20.0. The van der Waals surface area contributed by atoms with E-state index in [4.69, 9.17) is 13.9 Å². The van der Waals surface area contributed by atoms with Gasteiger partial charge in [0, 0.05) is 17.0 Å². The van der Waals surface area contributed by atoms with E-state index in [0.717, 1.165) is 30.2 Å². The molecule has 0 radical (unpaired) electrons. The normalized spacial score (nSPS) is 16.5. The van der Waals surface area contributed by atoms with Crippen molar-refractivity contribution in [3.8, 4) is 5.75 Å². The van der Waals surface area contributed by atoms with Gasteiger partial charge < -0.3 is 19.2 Å². The molecule has 1 N–H and O–H groups in total. The third kappa shape index (κ3) is 4.17. The van der Waals surface area contributed by atoms with Crippen LogP contribution in [0.1, 0.15) is 42.5 Å². The van der Waals surface area contributed by atoms with E-state index >= 15 is 0 Å². The number of furan rings is 1. The molecule has 30 heavy (non-hydrogen) atoms. The molecule has 0 unspecified atom stereocenters. The third-order valence-corrected chi connectivity index (χ3v) is 5.56. The highest BCUT2D eigenvalue weighted by Crippen LogP contribution is 2.29. The smallest absolute Gasteiger partial charge is 0.311 e. The van der Waals surface area contributed by atoms with E-state index in [1.807, 2.05) is 24.3 Å². The zero-order valence-electron chi connectivity index (χ0n) is 17.1. The first-order valence-corrected chi connectivity index (χ1v) is 10.2. The average molecular weight is 407 g/mol. The van der Waals surface area contributed by atoms with Crippen LogP contribution in [0, 0.1) is 0 Å². The van der Waals surface area contributed by atoms with Crippen LogP contribution in [0.3, 0.4) is 0 Å². The first-order chi connectivity index (χ1) is 14.5. The molecule has 0 saturated carbocycles.